The van der Waals surface area contributed by atoms with Crippen LogP contribution >= 0.6 is 0 Å². The van der Waals surface area contributed by atoms with Gasteiger partial charge in [-0.25, -0.2) is 0 Å². The summed E-state index contributed by atoms with van der Waals surface area (Å²) >= 11 is 0. The maximum absolute atomic E-state index is 5.58. The molecule has 0 saturated carbocycles. The molecule has 0 aromatic rings. The number of likely N-dealkylation sites (tertiary alicyclic amines) is 1. The Kier molecular flexibility index (Phi) is 7.81. The summed E-state index contributed by atoms with van der Waals surface area (Å²) in [7, 11) is 2.07. The van der Waals surface area contributed by atoms with Crippen molar-refractivity contribution < 1.29 is 4.74 Å². The summed E-state index contributed by atoms with van der Waals surface area (Å²) in [4.78, 5) is 2.56. The van der Waals surface area contributed by atoms with Gasteiger partial charge in [0.2, 0.25) is 0 Å². The molecule has 3 nitrogen and oxygen atoms in total. The zero-order valence-corrected chi connectivity index (χ0v) is 11.0. The van der Waals surface area contributed by atoms with Crippen LogP contribution in [0.15, 0.2) is 0 Å². The Balaban J connectivity index is 1.95. The first-order chi connectivity index (χ1) is 7.86. The fourth-order valence-corrected chi connectivity index (χ4v) is 2.23. The van der Waals surface area contributed by atoms with Crippen LogP contribution in [0.3, 0.4) is 0 Å². The average Bonchev–Trinajstić information content (AvgIpc) is 2.34. The lowest BCUT2D eigenvalue weighted by Crippen LogP contribution is -2.44. The number of piperidine rings is 1. The number of nitrogens with zero attached hydrogens (tertiary/aromatic N) is 1. The minimum absolute atomic E-state index is 0.703. The molecule has 1 rings (SSSR count). The third kappa shape index (κ3) is 5.83. The maximum Gasteiger partial charge on any atom is 0.0478 e. The number of rotatable bonds is 8. The molecule has 0 bridgehead atoms. The molecule has 1 saturated heterocycles. The first kappa shape index (κ1) is 13.9. The van der Waals surface area contributed by atoms with E-state index in [2.05, 4.69) is 24.2 Å². The van der Waals surface area contributed by atoms with Gasteiger partial charge < -0.3 is 15.0 Å². The molecular formula is C13H28N2O. The van der Waals surface area contributed by atoms with E-state index in [1.54, 1.807) is 0 Å². The second kappa shape index (κ2) is 8.97. The summed E-state index contributed by atoms with van der Waals surface area (Å²) in [6, 6.07) is 0.703. The van der Waals surface area contributed by atoms with E-state index in [4.69, 9.17) is 4.74 Å². The highest BCUT2D eigenvalue weighted by Crippen LogP contribution is 2.09. The number of nitrogens with one attached hydrogen (secondary N) is 1. The van der Waals surface area contributed by atoms with Crippen LogP contribution in [0.25, 0.3) is 0 Å². The summed E-state index contributed by atoms with van der Waals surface area (Å²) < 4.78 is 5.58. The highest BCUT2D eigenvalue weighted by Gasteiger charge is 2.17. The zero-order valence-electron chi connectivity index (χ0n) is 11.0. The Morgan fingerprint density at radius 2 is 2.12 bits per heavy atom. The smallest absolute Gasteiger partial charge is 0.0478 e. The number of hydrogen-bond acceptors (Lipinski definition) is 3. The van der Waals surface area contributed by atoms with Crippen molar-refractivity contribution >= 4 is 0 Å². The second-order valence-corrected chi connectivity index (χ2v) is 4.75. The first-order valence-electron chi connectivity index (χ1n) is 6.84. The van der Waals surface area contributed by atoms with Gasteiger partial charge in [-0.1, -0.05) is 13.3 Å². The molecule has 1 aliphatic heterocycles. The quantitative estimate of drug-likeness (QED) is 0.642. The van der Waals surface area contributed by atoms with Gasteiger partial charge in [0.05, 0.1) is 0 Å². The summed E-state index contributed by atoms with van der Waals surface area (Å²) in [6.07, 6.45) is 6.28. The lowest BCUT2D eigenvalue weighted by atomic mass is 10.1. The van der Waals surface area contributed by atoms with Crippen molar-refractivity contribution in [2.45, 2.75) is 45.1 Å². The molecule has 16 heavy (non-hydrogen) atoms. The normalized spacial score (nSPS) is 22.5. The summed E-state index contributed by atoms with van der Waals surface area (Å²) in [5, 5.41) is 3.38. The summed E-state index contributed by atoms with van der Waals surface area (Å²) in [6.45, 7) is 7.76. The predicted octanol–water partition coefficient (Wildman–Crippen LogP) is 1.88. The Bertz CT molecular complexity index is 164. The van der Waals surface area contributed by atoms with Crippen LogP contribution in [-0.4, -0.2) is 50.8 Å². The molecule has 1 atom stereocenters. The van der Waals surface area contributed by atoms with E-state index in [1.807, 2.05) is 0 Å². The van der Waals surface area contributed by atoms with Crippen molar-refractivity contribution in [2.24, 2.45) is 0 Å². The highest BCUT2D eigenvalue weighted by molar-refractivity contribution is 4.76. The van der Waals surface area contributed by atoms with E-state index in [1.165, 1.54) is 51.7 Å². The van der Waals surface area contributed by atoms with Gasteiger partial charge in [-0.3, -0.25) is 0 Å². The largest absolute Gasteiger partial charge is 0.381 e. The summed E-state index contributed by atoms with van der Waals surface area (Å²) in [5.41, 5.74) is 0. The van der Waals surface area contributed by atoms with Gasteiger partial charge in [0.15, 0.2) is 0 Å². The number of likely N-dealkylation sites (N-methyl/N-ethyl adjacent to an activating group) is 1. The van der Waals surface area contributed by atoms with Crippen molar-refractivity contribution in [2.75, 3.05) is 39.9 Å². The minimum atomic E-state index is 0.703. The molecule has 96 valence electrons. The maximum atomic E-state index is 5.58. The molecule has 0 amide bonds. The number of ether oxygens (including phenoxy) is 1. The van der Waals surface area contributed by atoms with Crippen LogP contribution in [0.5, 0.6) is 0 Å². The molecule has 0 radical (unpaired) electrons. The Morgan fingerprint density at radius 1 is 1.31 bits per heavy atom. The van der Waals surface area contributed by atoms with Crippen LogP contribution in [0.1, 0.15) is 39.0 Å². The molecule has 0 spiro atoms. The van der Waals surface area contributed by atoms with E-state index in [0.717, 1.165) is 13.2 Å². The molecule has 0 aliphatic carbocycles. The van der Waals surface area contributed by atoms with Crippen LogP contribution in [0.2, 0.25) is 0 Å². The fourth-order valence-electron chi connectivity index (χ4n) is 2.23. The third-order valence-corrected chi connectivity index (χ3v) is 3.32. The van der Waals surface area contributed by atoms with E-state index in [9.17, 15) is 0 Å². The van der Waals surface area contributed by atoms with Crippen LogP contribution in [-0.2, 0) is 4.74 Å². The van der Waals surface area contributed by atoms with Crippen molar-refractivity contribution in [3.05, 3.63) is 0 Å². The molecule has 1 unspecified atom stereocenters. The van der Waals surface area contributed by atoms with Gasteiger partial charge in [-0.05, 0) is 39.3 Å². The van der Waals surface area contributed by atoms with Gasteiger partial charge in [-0.15, -0.1) is 0 Å². The third-order valence-electron chi connectivity index (χ3n) is 3.32. The molecule has 1 heterocycles. The molecule has 0 aromatic heterocycles. The Labute approximate surface area is 101 Å². The molecular weight excluding hydrogens is 200 g/mol. The first-order valence-corrected chi connectivity index (χ1v) is 6.84. The molecule has 3 heteroatoms. The number of unbranched alkanes of at least 4 members (excludes halogenated alkanes) is 1. The Hall–Kier alpha value is -0.120. The van der Waals surface area contributed by atoms with E-state index < -0.39 is 0 Å². The fraction of sp³-hybridized carbons (Fsp3) is 1.00. The lowest BCUT2D eigenvalue weighted by Gasteiger charge is -2.32. The molecule has 1 aliphatic rings. The molecule has 1 fully saturated rings. The van der Waals surface area contributed by atoms with Crippen LogP contribution < -0.4 is 5.32 Å². The standard InChI is InChI=1S/C13H28N2O/c1-3-4-10-16-11-6-9-15-8-5-7-13(12-15)14-2/h13-14H,3-12H2,1-2H3. The second-order valence-electron chi connectivity index (χ2n) is 4.75. The lowest BCUT2D eigenvalue weighted by molar-refractivity contribution is 0.111. The van der Waals surface area contributed by atoms with E-state index in [0.29, 0.717) is 6.04 Å². The van der Waals surface area contributed by atoms with Crippen LogP contribution in [0, 0.1) is 0 Å². The van der Waals surface area contributed by atoms with E-state index >= 15 is 0 Å². The predicted molar refractivity (Wildman–Crippen MR) is 68.9 cm³/mol. The molecule has 0 aromatic carbocycles. The average molecular weight is 228 g/mol. The van der Waals surface area contributed by atoms with Crippen molar-refractivity contribution in [1.29, 1.82) is 0 Å². The van der Waals surface area contributed by atoms with Gasteiger partial charge >= 0.3 is 0 Å². The van der Waals surface area contributed by atoms with Gasteiger partial charge in [0.25, 0.3) is 0 Å². The van der Waals surface area contributed by atoms with Gasteiger partial charge in [0.1, 0.15) is 0 Å². The van der Waals surface area contributed by atoms with E-state index in [-0.39, 0.29) is 0 Å². The SMILES string of the molecule is CCCCOCCCN1CCCC(NC)C1. The van der Waals surface area contributed by atoms with Crippen molar-refractivity contribution in [1.82, 2.24) is 10.2 Å². The number of hydrogen-bond donors (Lipinski definition) is 1. The molecule has 1 N–H and O–H groups in total. The summed E-state index contributed by atoms with van der Waals surface area (Å²) in [5.74, 6) is 0. The van der Waals surface area contributed by atoms with Crippen molar-refractivity contribution in [3.8, 4) is 0 Å². The van der Waals surface area contributed by atoms with Crippen LogP contribution in [0.4, 0.5) is 0 Å². The Morgan fingerprint density at radius 3 is 2.88 bits per heavy atom. The van der Waals surface area contributed by atoms with Gasteiger partial charge in [0, 0.05) is 32.3 Å². The monoisotopic (exact) mass is 228 g/mol. The highest BCUT2D eigenvalue weighted by atomic mass is 16.5. The van der Waals surface area contributed by atoms with Crippen molar-refractivity contribution in [3.63, 3.8) is 0 Å². The zero-order chi connectivity index (χ0) is 11.6. The minimum Gasteiger partial charge on any atom is -0.381 e. The van der Waals surface area contributed by atoms with Gasteiger partial charge in [-0.2, -0.15) is 0 Å². The topological polar surface area (TPSA) is 24.5 Å².